The molecule has 22 heavy (non-hydrogen) atoms. The fourth-order valence-electron chi connectivity index (χ4n) is 2.79. The molecule has 118 valence electrons. The van der Waals surface area contributed by atoms with Gasteiger partial charge in [0.05, 0.1) is 11.9 Å². The minimum atomic E-state index is 0.827. The number of hydrogen-bond acceptors (Lipinski definition) is 5. The lowest BCUT2D eigenvalue weighted by Crippen LogP contribution is -2.45. The third kappa shape index (κ3) is 2.97. The summed E-state index contributed by atoms with van der Waals surface area (Å²) in [6.07, 6.45) is 4.85. The minimum absolute atomic E-state index is 0.827. The summed E-state index contributed by atoms with van der Waals surface area (Å²) in [7, 11) is 2.15. The highest BCUT2D eigenvalue weighted by atomic mass is 15.3. The zero-order chi connectivity index (χ0) is 15.5. The highest BCUT2D eigenvalue weighted by Gasteiger charge is 2.17. The van der Waals surface area contributed by atoms with E-state index in [0.717, 1.165) is 56.4 Å². The molecule has 0 aliphatic carbocycles. The third-order valence-electron chi connectivity index (χ3n) is 4.24. The van der Waals surface area contributed by atoms with E-state index in [9.17, 15) is 0 Å². The third-order valence-corrected chi connectivity index (χ3v) is 4.24. The second kappa shape index (κ2) is 6.44. The van der Waals surface area contributed by atoms with Gasteiger partial charge >= 0.3 is 0 Å². The summed E-state index contributed by atoms with van der Waals surface area (Å²) in [5.41, 5.74) is 3.24. The van der Waals surface area contributed by atoms with Crippen molar-refractivity contribution in [3.63, 3.8) is 0 Å². The largest absolute Gasteiger partial charge is 0.338 e. The lowest BCUT2D eigenvalue weighted by Gasteiger charge is -2.32. The van der Waals surface area contributed by atoms with Gasteiger partial charge in [-0.3, -0.25) is 4.68 Å². The average Bonchev–Trinajstić information content (AvgIpc) is 2.90. The fourth-order valence-corrected chi connectivity index (χ4v) is 2.79. The van der Waals surface area contributed by atoms with Gasteiger partial charge in [0.1, 0.15) is 0 Å². The molecule has 0 bridgehead atoms. The van der Waals surface area contributed by atoms with Crippen LogP contribution in [0, 0.1) is 6.92 Å². The van der Waals surface area contributed by atoms with Crippen molar-refractivity contribution in [1.82, 2.24) is 24.6 Å². The summed E-state index contributed by atoms with van der Waals surface area (Å²) >= 11 is 0. The number of hydrogen-bond donors (Lipinski definition) is 0. The maximum Gasteiger partial charge on any atom is 0.225 e. The van der Waals surface area contributed by atoms with Crippen LogP contribution in [-0.4, -0.2) is 57.9 Å². The van der Waals surface area contributed by atoms with Gasteiger partial charge in [0.15, 0.2) is 0 Å². The number of nitrogens with zero attached hydrogens (tertiary/aromatic N) is 6. The summed E-state index contributed by atoms with van der Waals surface area (Å²) in [5.74, 6) is 0.827. The molecule has 0 saturated carbocycles. The monoisotopic (exact) mass is 300 g/mol. The molecule has 0 radical (unpaired) electrons. The molecule has 2 aromatic rings. The Morgan fingerprint density at radius 1 is 1.18 bits per heavy atom. The highest BCUT2D eigenvalue weighted by molar-refractivity contribution is 5.62. The van der Waals surface area contributed by atoms with Crippen LogP contribution >= 0.6 is 0 Å². The first-order chi connectivity index (χ1) is 10.7. The predicted molar refractivity (Wildman–Crippen MR) is 88.0 cm³/mol. The zero-order valence-corrected chi connectivity index (χ0v) is 13.7. The first kappa shape index (κ1) is 15.0. The summed E-state index contributed by atoms with van der Waals surface area (Å²) in [4.78, 5) is 13.8. The normalized spacial score (nSPS) is 16.2. The molecular weight excluding hydrogens is 276 g/mol. The Bertz CT molecular complexity index is 627. The fraction of sp³-hybridized carbons (Fsp3) is 0.562. The molecule has 0 aromatic carbocycles. The number of rotatable bonds is 4. The first-order valence-electron chi connectivity index (χ1n) is 7.98. The molecule has 3 heterocycles. The Hall–Kier alpha value is -1.95. The summed E-state index contributed by atoms with van der Waals surface area (Å²) in [6.45, 7) is 9.29. The Labute approximate surface area is 131 Å². The molecule has 1 aliphatic rings. The lowest BCUT2D eigenvalue weighted by atomic mass is 10.2. The number of aromatic nitrogens is 4. The highest BCUT2D eigenvalue weighted by Crippen LogP contribution is 2.23. The van der Waals surface area contributed by atoms with Gasteiger partial charge in [-0.05, 0) is 26.5 Å². The zero-order valence-electron chi connectivity index (χ0n) is 13.7. The van der Waals surface area contributed by atoms with E-state index in [1.807, 2.05) is 23.1 Å². The SMILES string of the molecule is CCCn1ncc(-c2ccnc(N3CCN(C)CC3)n2)c1C. The van der Waals surface area contributed by atoms with Crippen LogP contribution < -0.4 is 4.90 Å². The van der Waals surface area contributed by atoms with Gasteiger partial charge in [0.25, 0.3) is 0 Å². The Balaban J connectivity index is 1.85. The van der Waals surface area contributed by atoms with E-state index in [1.165, 1.54) is 5.69 Å². The quantitative estimate of drug-likeness (QED) is 0.862. The van der Waals surface area contributed by atoms with Crippen molar-refractivity contribution < 1.29 is 0 Å². The van der Waals surface area contributed by atoms with Crippen molar-refractivity contribution in [3.05, 3.63) is 24.2 Å². The second-order valence-corrected chi connectivity index (χ2v) is 5.90. The first-order valence-corrected chi connectivity index (χ1v) is 7.98. The standard InChI is InChI=1S/C16H24N6/c1-4-7-22-13(2)14(12-18-22)15-5-6-17-16(19-15)21-10-8-20(3)9-11-21/h5-6,12H,4,7-11H2,1-3H3. The molecule has 6 heteroatoms. The van der Waals surface area contributed by atoms with Gasteiger partial charge in [0, 0.05) is 50.2 Å². The summed E-state index contributed by atoms with van der Waals surface area (Å²) < 4.78 is 2.05. The molecular formula is C16H24N6. The van der Waals surface area contributed by atoms with Crippen molar-refractivity contribution in [1.29, 1.82) is 0 Å². The molecule has 1 aliphatic heterocycles. The van der Waals surface area contributed by atoms with Crippen molar-refractivity contribution in [2.75, 3.05) is 38.1 Å². The van der Waals surface area contributed by atoms with E-state index in [4.69, 9.17) is 4.98 Å². The van der Waals surface area contributed by atoms with Crippen molar-refractivity contribution in [2.24, 2.45) is 0 Å². The number of anilines is 1. The molecule has 0 unspecified atom stereocenters. The average molecular weight is 300 g/mol. The Morgan fingerprint density at radius 2 is 1.95 bits per heavy atom. The van der Waals surface area contributed by atoms with Crippen molar-refractivity contribution in [3.8, 4) is 11.3 Å². The maximum atomic E-state index is 4.77. The van der Waals surface area contributed by atoms with Gasteiger partial charge in [-0.2, -0.15) is 5.10 Å². The van der Waals surface area contributed by atoms with Gasteiger partial charge in [-0.15, -0.1) is 0 Å². The van der Waals surface area contributed by atoms with E-state index >= 15 is 0 Å². The molecule has 2 aromatic heterocycles. The topological polar surface area (TPSA) is 50.1 Å². The number of likely N-dealkylation sites (N-methyl/N-ethyl adjacent to an activating group) is 1. The van der Waals surface area contributed by atoms with Crippen LogP contribution in [0.4, 0.5) is 5.95 Å². The van der Waals surface area contributed by atoms with Gasteiger partial charge in [0.2, 0.25) is 5.95 Å². The molecule has 1 saturated heterocycles. The van der Waals surface area contributed by atoms with Crippen LogP contribution in [0.25, 0.3) is 11.3 Å². The van der Waals surface area contributed by atoms with E-state index in [1.54, 1.807) is 0 Å². The summed E-state index contributed by atoms with van der Waals surface area (Å²) in [6, 6.07) is 1.97. The van der Waals surface area contributed by atoms with Crippen LogP contribution in [0.1, 0.15) is 19.0 Å². The van der Waals surface area contributed by atoms with Gasteiger partial charge < -0.3 is 9.80 Å². The minimum Gasteiger partial charge on any atom is -0.338 e. The van der Waals surface area contributed by atoms with E-state index in [2.05, 4.69) is 40.8 Å². The van der Waals surface area contributed by atoms with Crippen molar-refractivity contribution in [2.45, 2.75) is 26.8 Å². The Morgan fingerprint density at radius 3 is 2.68 bits per heavy atom. The van der Waals surface area contributed by atoms with E-state index in [0.29, 0.717) is 0 Å². The number of aryl methyl sites for hydroxylation is 1. The van der Waals surface area contributed by atoms with Gasteiger partial charge in [-0.1, -0.05) is 6.92 Å². The summed E-state index contributed by atoms with van der Waals surface area (Å²) in [5, 5.41) is 4.47. The predicted octanol–water partition coefficient (Wildman–Crippen LogP) is 1.81. The molecule has 0 amide bonds. The molecule has 3 rings (SSSR count). The van der Waals surface area contributed by atoms with E-state index in [-0.39, 0.29) is 0 Å². The van der Waals surface area contributed by atoms with Crippen LogP contribution in [0.2, 0.25) is 0 Å². The smallest absolute Gasteiger partial charge is 0.225 e. The van der Waals surface area contributed by atoms with E-state index < -0.39 is 0 Å². The molecule has 6 nitrogen and oxygen atoms in total. The molecule has 1 fully saturated rings. The Kier molecular flexibility index (Phi) is 4.38. The second-order valence-electron chi connectivity index (χ2n) is 5.90. The van der Waals surface area contributed by atoms with Gasteiger partial charge in [-0.25, -0.2) is 9.97 Å². The van der Waals surface area contributed by atoms with Crippen LogP contribution in [0.5, 0.6) is 0 Å². The molecule has 0 atom stereocenters. The van der Waals surface area contributed by atoms with Crippen LogP contribution in [0.3, 0.4) is 0 Å². The molecule has 0 spiro atoms. The van der Waals surface area contributed by atoms with Crippen molar-refractivity contribution >= 4 is 5.95 Å². The maximum absolute atomic E-state index is 4.77. The van der Waals surface area contributed by atoms with Crippen LogP contribution in [-0.2, 0) is 6.54 Å². The number of piperazine rings is 1. The lowest BCUT2D eigenvalue weighted by molar-refractivity contribution is 0.311. The molecule has 0 N–H and O–H groups in total. The van der Waals surface area contributed by atoms with Crippen LogP contribution in [0.15, 0.2) is 18.5 Å².